The first-order valence-electron chi connectivity index (χ1n) is 8.38. The number of hydrogen-bond acceptors (Lipinski definition) is 6. The van der Waals surface area contributed by atoms with Crippen molar-refractivity contribution in [1.82, 2.24) is 29.5 Å². The molecule has 154 valence electrons. The molecule has 4 rings (SSSR count). The fourth-order valence-corrected chi connectivity index (χ4v) is 2.82. The second kappa shape index (κ2) is 9.75. The van der Waals surface area contributed by atoms with Crippen LogP contribution in [0, 0.1) is 4.77 Å². The summed E-state index contributed by atoms with van der Waals surface area (Å²) in [6, 6.07) is 3.45. The van der Waals surface area contributed by atoms with E-state index in [0.29, 0.717) is 34.8 Å². The van der Waals surface area contributed by atoms with Crippen molar-refractivity contribution in [3.63, 3.8) is 0 Å². The van der Waals surface area contributed by atoms with Gasteiger partial charge in [0.25, 0.3) is 5.56 Å². The van der Waals surface area contributed by atoms with Crippen molar-refractivity contribution in [3.8, 4) is 0 Å². The van der Waals surface area contributed by atoms with Gasteiger partial charge in [-0.15, -0.1) is 12.4 Å². The summed E-state index contributed by atoms with van der Waals surface area (Å²) in [6.07, 6.45) is 6.66. The Balaban J connectivity index is 0.000000219. The monoisotopic (exact) mass is 437 g/mol. The van der Waals surface area contributed by atoms with E-state index in [2.05, 4.69) is 24.9 Å². The van der Waals surface area contributed by atoms with Gasteiger partial charge in [-0.05, 0) is 31.3 Å². The van der Waals surface area contributed by atoms with Crippen LogP contribution in [0.5, 0.6) is 0 Å². The molecule has 0 unspecified atom stereocenters. The predicted octanol–water partition coefficient (Wildman–Crippen LogP) is 2.35. The first-order chi connectivity index (χ1) is 13.5. The number of nitrogens with two attached hydrogens (primary N) is 1. The standard InChI is InChI=1S/C10H9N5OS.C7H10N2O2.ClH/c16-9-8-7(1-2-12-8)15(10(17)14-9)4-6-3-11-5-13-6;1-2-11-7(10)6-5(8)3-4-9-6;/h1-3,5,12H,4H2,(H,11,13)(H,14,16,17);3-4,9H,2,8H2,1H3;1H. The minimum Gasteiger partial charge on any atom is -0.461 e. The third kappa shape index (κ3) is 4.95. The van der Waals surface area contributed by atoms with E-state index in [-0.39, 0.29) is 18.0 Å². The molecule has 0 aliphatic heterocycles. The van der Waals surface area contributed by atoms with E-state index < -0.39 is 5.97 Å². The summed E-state index contributed by atoms with van der Waals surface area (Å²) < 4.78 is 6.96. The molecule has 0 fully saturated rings. The number of imidazole rings is 1. The highest BCUT2D eigenvalue weighted by Crippen LogP contribution is 2.10. The van der Waals surface area contributed by atoms with E-state index in [1.807, 2.05) is 10.6 Å². The molecule has 0 bridgehead atoms. The third-order valence-corrected chi connectivity index (χ3v) is 4.17. The van der Waals surface area contributed by atoms with Crippen molar-refractivity contribution in [2.75, 3.05) is 12.3 Å². The number of hydrogen-bond donors (Lipinski definition) is 5. The van der Waals surface area contributed by atoms with Crippen LogP contribution in [0.4, 0.5) is 5.69 Å². The van der Waals surface area contributed by atoms with E-state index in [1.54, 1.807) is 37.9 Å². The second-order valence-electron chi connectivity index (χ2n) is 5.69. The molecule has 4 heterocycles. The molecular weight excluding hydrogens is 418 g/mol. The molecule has 0 radical (unpaired) electrons. The number of aromatic amines is 4. The van der Waals surface area contributed by atoms with Crippen LogP contribution in [0.3, 0.4) is 0 Å². The van der Waals surface area contributed by atoms with Crippen LogP contribution in [-0.4, -0.2) is 42.1 Å². The average Bonchev–Trinajstić information content (AvgIpc) is 3.41. The van der Waals surface area contributed by atoms with Gasteiger partial charge in [0.15, 0.2) is 4.77 Å². The number of anilines is 1. The Morgan fingerprint density at radius 3 is 2.66 bits per heavy atom. The van der Waals surface area contributed by atoms with Gasteiger partial charge in [-0.2, -0.15) is 0 Å². The van der Waals surface area contributed by atoms with Gasteiger partial charge in [0.2, 0.25) is 0 Å². The van der Waals surface area contributed by atoms with Crippen molar-refractivity contribution in [2.24, 2.45) is 0 Å². The second-order valence-corrected chi connectivity index (χ2v) is 6.08. The molecule has 4 aromatic heterocycles. The number of H-pyrrole nitrogens is 4. The Labute approximate surface area is 175 Å². The topological polar surface area (TPSA) is 150 Å². The Morgan fingerprint density at radius 1 is 1.28 bits per heavy atom. The molecule has 12 heteroatoms. The van der Waals surface area contributed by atoms with Crippen LogP contribution in [0.2, 0.25) is 0 Å². The lowest BCUT2D eigenvalue weighted by Gasteiger charge is -2.06. The summed E-state index contributed by atoms with van der Waals surface area (Å²) in [4.78, 5) is 37.8. The van der Waals surface area contributed by atoms with Crippen LogP contribution in [0.25, 0.3) is 11.0 Å². The molecule has 29 heavy (non-hydrogen) atoms. The summed E-state index contributed by atoms with van der Waals surface area (Å²) in [5, 5.41) is 0. The van der Waals surface area contributed by atoms with Crippen LogP contribution in [0.15, 0.2) is 41.8 Å². The van der Waals surface area contributed by atoms with Crippen LogP contribution in [0.1, 0.15) is 23.1 Å². The summed E-state index contributed by atoms with van der Waals surface area (Å²) in [5.74, 6) is -0.407. The highest BCUT2D eigenvalue weighted by Gasteiger charge is 2.10. The number of fused-ring (bicyclic) bond motifs is 1. The van der Waals surface area contributed by atoms with Gasteiger partial charge in [0.1, 0.15) is 11.2 Å². The zero-order chi connectivity index (χ0) is 20.1. The summed E-state index contributed by atoms with van der Waals surface area (Å²) in [6.45, 7) is 2.65. The van der Waals surface area contributed by atoms with E-state index in [1.165, 1.54) is 0 Å². The molecule has 0 saturated heterocycles. The molecule has 0 saturated carbocycles. The Hall–Kier alpha value is -3.31. The molecule has 0 atom stereocenters. The fraction of sp³-hybridized carbons (Fsp3) is 0.176. The van der Waals surface area contributed by atoms with Gasteiger partial charge in [-0.1, -0.05) is 0 Å². The molecule has 0 aromatic carbocycles. The van der Waals surface area contributed by atoms with Crippen LogP contribution < -0.4 is 11.3 Å². The highest BCUT2D eigenvalue weighted by molar-refractivity contribution is 7.71. The maximum absolute atomic E-state index is 11.6. The Kier molecular flexibility index (Phi) is 7.39. The van der Waals surface area contributed by atoms with Gasteiger partial charge in [0, 0.05) is 18.6 Å². The Morgan fingerprint density at radius 2 is 2.03 bits per heavy atom. The van der Waals surface area contributed by atoms with Crippen LogP contribution >= 0.6 is 24.6 Å². The minimum atomic E-state index is -0.407. The number of rotatable bonds is 4. The molecule has 6 N–H and O–H groups in total. The summed E-state index contributed by atoms with van der Waals surface area (Å²) in [5.41, 5.74) is 8.23. The number of esters is 1. The maximum atomic E-state index is 11.6. The number of nitrogen functional groups attached to an aromatic ring is 1. The van der Waals surface area contributed by atoms with Gasteiger partial charge >= 0.3 is 5.97 Å². The SMILES string of the molecule is CCOC(=O)c1[nH]ccc1N.Cl.O=c1[nH]c(=S)n(Cc2cnc[nH]2)c2cc[nH]c12. The first-order valence-corrected chi connectivity index (χ1v) is 8.79. The third-order valence-electron chi connectivity index (χ3n) is 3.85. The van der Waals surface area contributed by atoms with Crippen molar-refractivity contribution < 1.29 is 9.53 Å². The normalized spacial score (nSPS) is 10.1. The lowest BCUT2D eigenvalue weighted by molar-refractivity contribution is 0.0521. The Bertz CT molecular complexity index is 1190. The van der Waals surface area contributed by atoms with E-state index in [4.69, 9.17) is 22.7 Å². The molecule has 10 nitrogen and oxygen atoms in total. The summed E-state index contributed by atoms with van der Waals surface area (Å²) >= 11 is 5.17. The quantitative estimate of drug-likeness (QED) is 0.244. The van der Waals surface area contributed by atoms with Gasteiger partial charge < -0.3 is 30.0 Å². The van der Waals surface area contributed by atoms with Crippen molar-refractivity contribution in [3.05, 3.63) is 63.6 Å². The van der Waals surface area contributed by atoms with E-state index in [9.17, 15) is 9.59 Å². The van der Waals surface area contributed by atoms with Crippen molar-refractivity contribution in [2.45, 2.75) is 13.5 Å². The maximum Gasteiger partial charge on any atom is 0.356 e. The smallest absolute Gasteiger partial charge is 0.356 e. The number of aromatic nitrogens is 6. The molecule has 0 amide bonds. The van der Waals surface area contributed by atoms with E-state index in [0.717, 1.165) is 11.2 Å². The molecule has 0 aliphatic rings. The average molecular weight is 438 g/mol. The van der Waals surface area contributed by atoms with Crippen molar-refractivity contribution in [1.29, 1.82) is 0 Å². The predicted molar refractivity (Wildman–Crippen MR) is 114 cm³/mol. The lowest BCUT2D eigenvalue weighted by atomic mass is 10.4. The van der Waals surface area contributed by atoms with Gasteiger partial charge in [-0.3, -0.25) is 9.78 Å². The largest absolute Gasteiger partial charge is 0.461 e. The number of ether oxygens (including phenoxy) is 1. The van der Waals surface area contributed by atoms with E-state index >= 15 is 0 Å². The molecule has 4 aromatic rings. The fourth-order valence-electron chi connectivity index (χ4n) is 2.56. The number of carbonyl (C=O) groups excluding carboxylic acids is 1. The number of carbonyl (C=O) groups is 1. The highest BCUT2D eigenvalue weighted by atomic mass is 35.5. The van der Waals surface area contributed by atoms with Crippen molar-refractivity contribution >= 4 is 47.3 Å². The van der Waals surface area contributed by atoms with Gasteiger partial charge in [-0.25, -0.2) is 9.78 Å². The molecular formula is C17H20ClN7O3S. The number of nitrogens with zero attached hydrogens (tertiary/aromatic N) is 2. The number of halogens is 1. The minimum absolute atomic E-state index is 0. The van der Waals surface area contributed by atoms with Gasteiger partial charge in [0.05, 0.1) is 36.4 Å². The number of nitrogens with one attached hydrogen (secondary N) is 4. The zero-order valence-electron chi connectivity index (χ0n) is 15.4. The first kappa shape index (κ1) is 22.0. The van der Waals surface area contributed by atoms with Crippen LogP contribution in [-0.2, 0) is 11.3 Å². The summed E-state index contributed by atoms with van der Waals surface area (Å²) in [7, 11) is 0. The lowest BCUT2D eigenvalue weighted by Crippen LogP contribution is -2.14. The zero-order valence-corrected chi connectivity index (χ0v) is 17.0. The molecule has 0 aliphatic carbocycles. The molecule has 0 spiro atoms.